The van der Waals surface area contributed by atoms with E-state index in [1.54, 1.807) is 34.6 Å². The molecule has 0 unspecified atom stereocenters. The summed E-state index contributed by atoms with van der Waals surface area (Å²) >= 11 is 0. The standard InChI is InChI=1S/C21H22FN7O/c1-13-9-19-17(28-7-5-23-6-8-28)3-4-18(29(19)25-13)21(30)24-15-10-14-12-27(2)26-20(14)16(22)11-15/h3-4,9-12,23H,5-8H2,1-2H3,(H,24,30). The van der Waals surface area contributed by atoms with Gasteiger partial charge in [0.15, 0.2) is 5.82 Å². The van der Waals surface area contributed by atoms with Gasteiger partial charge in [-0.1, -0.05) is 0 Å². The predicted octanol–water partition coefficient (Wildman–Crippen LogP) is 2.33. The Balaban J connectivity index is 1.51. The van der Waals surface area contributed by atoms with Gasteiger partial charge in [-0.25, -0.2) is 8.91 Å². The van der Waals surface area contributed by atoms with Crippen molar-refractivity contribution >= 4 is 33.7 Å². The Bertz CT molecular complexity index is 1270. The lowest BCUT2D eigenvalue weighted by Gasteiger charge is -2.30. The fourth-order valence-electron chi connectivity index (χ4n) is 4.00. The summed E-state index contributed by atoms with van der Waals surface area (Å²) in [5, 5.41) is 15.4. The summed E-state index contributed by atoms with van der Waals surface area (Å²) in [5.74, 6) is -0.824. The van der Waals surface area contributed by atoms with Crippen LogP contribution in [0.1, 0.15) is 16.2 Å². The monoisotopic (exact) mass is 407 g/mol. The van der Waals surface area contributed by atoms with E-state index < -0.39 is 5.82 Å². The van der Waals surface area contributed by atoms with E-state index in [9.17, 15) is 9.18 Å². The van der Waals surface area contributed by atoms with Gasteiger partial charge in [-0.3, -0.25) is 9.48 Å². The van der Waals surface area contributed by atoms with E-state index in [1.807, 2.05) is 19.1 Å². The van der Waals surface area contributed by atoms with Gasteiger partial charge >= 0.3 is 0 Å². The molecule has 4 aromatic rings. The predicted molar refractivity (Wildman–Crippen MR) is 114 cm³/mol. The highest BCUT2D eigenvalue weighted by Crippen LogP contribution is 2.26. The number of piperazine rings is 1. The van der Waals surface area contributed by atoms with Gasteiger partial charge in [-0.15, -0.1) is 0 Å². The second kappa shape index (κ2) is 7.10. The van der Waals surface area contributed by atoms with Crippen LogP contribution in [0.5, 0.6) is 0 Å². The van der Waals surface area contributed by atoms with E-state index in [0.717, 1.165) is 43.1 Å². The van der Waals surface area contributed by atoms with Crippen LogP contribution in [0.25, 0.3) is 16.4 Å². The van der Waals surface area contributed by atoms with Gasteiger partial charge in [-0.2, -0.15) is 10.2 Å². The zero-order chi connectivity index (χ0) is 20.8. The summed E-state index contributed by atoms with van der Waals surface area (Å²) in [6, 6.07) is 8.71. The lowest BCUT2D eigenvalue weighted by molar-refractivity contribution is 0.102. The Kier molecular flexibility index (Phi) is 4.39. The summed E-state index contributed by atoms with van der Waals surface area (Å²) < 4.78 is 17.6. The smallest absolute Gasteiger partial charge is 0.274 e. The highest BCUT2D eigenvalue weighted by Gasteiger charge is 2.20. The maximum atomic E-state index is 14.4. The number of carbonyl (C=O) groups excluding carboxylic acids is 1. The van der Waals surface area contributed by atoms with Crippen molar-refractivity contribution in [2.45, 2.75) is 6.92 Å². The average molecular weight is 407 g/mol. The van der Waals surface area contributed by atoms with Crippen LogP contribution in [0, 0.1) is 12.7 Å². The highest BCUT2D eigenvalue weighted by molar-refractivity contribution is 6.05. The van der Waals surface area contributed by atoms with Gasteiger partial charge in [-0.05, 0) is 37.3 Å². The molecule has 1 aliphatic rings. The maximum Gasteiger partial charge on any atom is 0.274 e. The summed E-state index contributed by atoms with van der Waals surface area (Å²) in [6.45, 7) is 5.54. The van der Waals surface area contributed by atoms with Crippen LogP contribution in [-0.2, 0) is 7.05 Å². The van der Waals surface area contributed by atoms with Crippen molar-refractivity contribution in [3.8, 4) is 0 Å². The van der Waals surface area contributed by atoms with Gasteiger partial charge in [0.2, 0.25) is 0 Å². The quantitative estimate of drug-likeness (QED) is 0.545. The zero-order valence-corrected chi connectivity index (χ0v) is 16.8. The molecule has 0 radical (unpaired) electrons. The van der Waals surface area contributed by atoms with Crippen molar-refractivity contribution in [3.05, 3.63) is 53.7 Å². The molecule has 1 aliphatic heterocycles. The zero-order valence-electron chi connectivity index (χ0n) is 16.8. The van der Waals surface area contributed by atoms with Crippen molar-refractivity contribution in [2.75, 3.05) is 36.4 Å². The lowest BCUT2D eigenvalue weighted by atomic mass is 10.2. The molecular formula is C21H22FN7O. The summed E-state index contributed by atoms with van der Waals surface area (Å²) in [7, 11) is 1.73. The van der Waals surface area contributed by atoms with E-state index in [4.69, 9.17) is 0 Å². The molecule has 4 heterocycles. The number of anilines is 2. The Morgan fingerprint density at radius 3 is 2.77 bits per heavy atom. The average Bonchev–Trinajstić information content (AvgIpc) is 3.29. The Morgan fingerprint density at radius 2 is 1.97 bits per heavy atom. The molecule has 1 fully saturated rings. The number of nitrogens with one attached hydrogen (secondary N) is 2. The normalized spacial score (nSPS) is 14.6. The third-order valence-corrected chi connectivity index (χ3v) is 5.35. The Morgan fingerprint density at radius 1 is 1.17 bits per heavy atom. The molecule has 8 nitrogen and oxygen atoms in total. The Hall–Kier alpha value is -3.46. The molecule has 0 atom stereocenters. The van der Waals surface area contributed by atoms with E-state index in [-0.39, 0.29) is 11.4 Å². The number of pyridine rings is 1. The topological polar surface area (TPSA) is 79.5 Å². The fraction of sp³-hybridized carbons (Fsp3) is 0.286. The van der Waals surface area contributed by atoms with E-state index >= 15 is 0 Å². The number of benzene rings is 1. The molecule has 5 rings (SSSR count). The fourth-order valence-corrected chi connectivity index (χ4v) is 4.00. The molecule has 0 aliphatic carbocycles. The third kappa shape index (κ3) is 3.17. The lowest BCUT2D eigenvalue weighted by Crippen LogP contribution is -2.43. The molecule has 154 valence electrons. The number of aromatic nitrogens is 4. The summed E-state index contributed by atoms with van der Waals surface area (Å²) in [5.41, 5.74) is 3.81. The van der Waals surface area contributed by atoms with Crippen LogP contribution in [0.4, 0.5) is 15.8 Å². The van der Waals surface area contributed by atoms with Gasteiger partial charge in [0.25, 0.3) is 5.91 Å². The molecular weight excluding hydrogens is 385 g/mol. The first-order valence-electron chi connectivity index (χ1n) is 9.89. The van der Waals surface area contributed by atoms with Crippen LogP contribution in [0.2, 0.25) is 0 Å². The number of halogens is 1. The van der Waals surface area contributed by atoms with Crippen LogP contribution >= 0.6 is 0 Å². The number of nitrogens with zero attached hydrogens (tertiary/aromatic N) is 5. The molecule has 2 N–H and O–H groups in total. The molecule has 1 aromatic carbocycles. The first-order chi connectivity index (χ1) is 14.5. The number of aryl methyl sites for hydroxylation is 2. The largest absolute Gasteiger partial charge is 0.367 e. The van der Waals surface area contributed by atoms with Crippen LogP contribution in [0.3, 0.4) is 0 Å². The Labute approximate surface area is 172 Å². The molecule has 0 spiro atoms. The molecule has 1 amide bonds. The number of fused-ring (bicyclic) bond motifs is 2. The first-order valence-corrected chi connectivity index (χ1v) is 9.89. The number of amides is 1. The van der Waals surface area contributed by atoms with Gasteiger partial charge in [0, 0.05) is 50.5 Å². The number of carbonyl (C=O) groups is 1. The minimum atomic E-state index is -0.475. The van der Waals surface area contributed by atoms with Crippen LogP contribution in [-0.4, -0.2) is 51.5 Å². The molecule has 3 aromatic heterocycles. The second-order valence-electron chi connectivity index (χ2n) is 7.58. The van der Waals surface area contributed by atoms with E-state index in [1.165, 1.54) is 6.07 Å². The molecule has 0 bridgehead atoms. The number of hydrogen-bond donors (Lipinski definition) is 2. The first kappa shape index (κ1) is 18.6. The summed E-state index contributed by atoms with van der Waals surface area (Å²) in [6.07, 6.45) is 1.71. The van der Waals surface area contributed by atoms with Crippen LogP contribution in [0.15, 0.2) is 36.5 Å². The molecule has 30 heavy (non-hydrogen) atoms. The van der Waals surface area contributed by atoms with E-state index in [0.29, 0.717) is 16.8 Å². The summed E-state index contributed by atoms with van der Waals surface area (Å²) in [4.78, 5) is 15.3. The molecule has 1 saturated heterocycles. The minimum absolute atomic E-state index is 0.279. The van der Waals surface area contributed by atoms with Crippen LogP contribution < -0.4 is 15.5 Å². The highest BCUT2D eigenvalue weighted by atomic mass is 19.1. The van der Waals surface area contributed by atoms with Crippen molar-refractivity contribution in [2.24, 2.45) is 7.05 Å². The minimum Gasteiger partial charge on any atom is -0.367 e. The van der Waals surface area contributed by atoms with Gasteiger partial charge in [0.05, 0.1) is 16.9 Å². The van der Waals surface area contributed by atoms with Gasteiger partial charge in [0.1, 0.15) is 11.2 Å². The third-order valence-electron chi connectivity index (χ3n) is 5.35. The van der Waals surface area contributed by atoms with E-state index in [2.05, 4.69) is 25.7 Å². The van der Waals surface area contributed by atoms with Crippen molar-refractivity contribution in [3.63, 3.8) is 0 Å². The van der Waals surface area contributed by atoms with Crippen molar-refractivity contribution in [1.29, 1.82) is 0 Å². The molecule has 9 heteroatoms. The number of rotatable bonds is 3. The van der Waals surface area contributed by atoms with Crippen molar-refractivity contribution < 1.29 is 9.18 Å². The second-order valence-corrected chi connectivity index (χ2v) is 7.58. The maximum absolute atomic E-state index is 14.4. The number of hydrogen-bond acceptors (Lipinski definition) is 5. The SMILES string of the molecule is Cc1cc2c(N3CCNCC3)ccc(C(=O)Nc3cc(F)c4nn(C)cc4c3)n2n1. The molecule has 0 saturated carbocycles. The van der Waals surface area contributed by atoms with Crippen molar-refractivity contribution in [1.82, 2.24) is 24.7 Å². The van der Waals surface area contributed by atoms with Gasteiger partial charge < -0.3 is 15.5 Å².